The Morgan fingerprint density at radius 3 is 2.77 bits per heavy atom. The van der Waals surface area contributed by atoms with Crippen LogP contribution in [0.2, 0.25) is 0 Å². The van der Waals surface area contributed by atoms with Gasteiger partial charge in [-0.25, -0.2) is 0 Å². The van der Waals surface area contributed by atoms with Crippen LogP contribution in [0.15, 0.2) is 0 Å². The molecule has 2 nitrogen and oxygen atoms in total. The normalized spacial score (nSPS) is 31.6. The van der Waals surface area contributed by atoms with E-state index in [9.17, 15) is 0 Å². The van der Waals surface area contributed by atoms with Crippen LogP contribution in [0.25, 0.3) is 0 Å². The Labute approximate surface area is 82.0 Å². The van der Waals surface area contributed by atoms with Crippen molar-refractivity contribution in [1.82, 2.24) is 5.32 Å². The van der Waals surface area contributed by atoms with E-state index in [0.29, 0.717) is 18.1 Å². The molecule has 3 unspecified atom stereocenters. The van der Waals surface area contributed by atoms with Gasteiger partial charge in [0.15, 0.2) is 0 Å². The van der Waals surface area contributed by atoms with Crippen molar-refractivity contribution in [2.75, 3.05) is 13.1 Å². The van der Waals surface area contributed by atoms with Crippen molar-refractivity contribution in [1.29, 1.82) is 0 Å². The molecule has 1 aliphatic rings. The van der Waals surface area contributed by atoms with Crippen LogP contribution < -0.4 is 5.32 Å². The highest BCUT2D eigenvalue weighted by Crippen LogP contribution is 2.18. The monoisotopic (exact) mass is 185 g/mol. The molecule has 78 valence electrons. The maximum Gasteiger partial charge on any atom is 0.0729 e. The van der Waals surface area contributed by atoms with Crippen molar-refractivity contribution in [3.63, 3.8) is 0 Å². The molecule has 0 radical (unpaired) electrons. The summed E-state index contributed by atoms with van der Waals surface area (Å²) in [5.74, 6) is 0.701. The Balaban J connectivity index is 2.32. The minimum Gasteiger partial charge on any atom is -0.372 e. The maximum atomic E-state index is 5.99. The zero-order chi connectivity index (χ0) is 9.68. The predicted octanol–water partition coefficient (Wildman–Crippen LogP) is 2.19. The molecule has 1 heterocycles. The van der Waals surface area contributed by atoms with E-state index in [1.807, 2.05) is 0 Å². The molecule has 0 amide bonds. The predicted molar refractivity (Wildman–Crippen MR) is 55.9 cm³/mol. The van der Waals surface area contributed by atoms with Gasteiger partial charge in [-0.15, -0.1) is 0 Å². The van der Waals surface area contributed by atoms with Gasteiger partial charge in [-0.3, -0.25) is 0 Å². The van der Waals surface area contributed by atoms with E-state index in [4.69, 9.17) is 4.74 Å². The molecule has 13 heavy (non-hydrogen) atoms. The summed E-state index contributed by atoms with van der Waals surface area (Å²) in [4.78, 5) is 0. The van der Waals surface area contributed by atoms with Gasteiger partial charge in [-0.1, -0.05) is 27.2 Å². The van der Waals surface area contributed by atoms with E-state index in [1.54, 1.807) is 0 Å². The van der Waals surface area contributed by atoms with Crippen LogP contribution >= 0.6 is 0 Å². The van der Waals surface area contributed by atoms with Gasteiger partial charge >= 0.3 is 0 Å². The minimum atomic E-state index is 0.443. The number of morpholine rings is 1. The molecule has 3 atom stereocenters. The summed E-state index contributed by atoms with van der Waals surface area (Å²) in [5, 5.41) is 3.45. The number of ether oxygens (including phenoxy) is 1. The zero-order valence-corrected chi connectivity index (χ0v) is 9.18. The van der Waals surface area contributed by atoms with Crippen molar-refractivity contribution < 1.29 is 4.74 Å². The highest BCUT2D eigenvalue weighted by atomic mass is 16.5. The molecule has 1 aliphatic heterocycles. The topological polar surface area (TPSA) is 21.3 Å². The van der Waals surface area contributed by atoms with Crippen LogP contribution in [-0.4, -0.2) is 25.3 Å². The standard InChI is InChI=1S/C11H23NO/c1-4-6-9(3)11-8-12-7-10(5-2)13-11/h9-12H,4-8H2,1-3H3. The highest BCUT2D eigenvalue weighted by molar-refractivity contribution is 4.77. The average Bonchev–Trinajstić information content (AvgIpc) is 2.18. The van der Waals surface area contributed by atoms with Gasteiger partial charge in [-0.2, -0.15) is 0 Å². The Bertz CT molecular complexity index is 138. The molecule has 0 saturated carbocycles. The first-order chi connectivity index (χ1) is 6.27. The van der Waals surface area contributed by atoms with Gasteiger partial charge in [0.1, 0.15) is 0 Å². The molecule has 0 bridgehead atoms. The van der Waals surface area contributed by atoms with Crippen LogP contribution in [0.3, 0.4) is 0 Å². The van der Waals surface area contributed by atoms with E-state index in [-0.39, 0.29) is 0 Å². The van der Waals surface area contributed by atoms with Crippen LogP contribution in [0.5, 0.6) is 0 Å². The van der Waals surface area contributed by atoms with Gasteiger partial charge in [0, 0.05) is 13.1 Å². The fraction of sp³-hybridized carbons (Fsp3) is 1.00. The van der Waals surface area contributed by atoms with Gasteiger partial charge in [0.25, 0.3) is 0 Å². The second-order valence-corrected chi connectivity index (χ2v) is 4.13. The van der Waals surface area contributed by atoms with Gasteiger partial charge in [0.2, 0.25) is 0 Å². The molecule has 1 N–H and O–H groups in total. The molecule has 1 rings (SSSR count). The number of hydrogen-bond donors (Lipinski definition) is 1. The SMILES string of the molecule is CCCC(C)C1CNCC(CC)O1. The van der Waals surface area contributed by atoms with Crippen molar-refractivity contribution in [2.45, 2.75) is 52.2 Å². The third-order valence-corrected chi connectivity index (χ3v) is 2.92. The van der Waals surface area contributed by atoms with Gasteiger partial charge in [0.05, 0.1) is 12.2 Å². The lowest BCUT2D eigenvalue weighted by Crippen LogP contribution is -2.47. The molecular formula is C11H23NO. The average molecular weight is 185 g/mol. The second-order valence-electron chi connectivity index (χ2n) is 4.13. The number of nitrogens with one attached hydrogen (secondary N) is 1. The Morgan fingerprint density at radius 1 is 1.38 bits per heavy atom. The second kappa shape index (κ2) is 5.61. The molecule has 0 aromatic carbocycles. The van der Waals surface area contributed by atoms with Crippen molar-refractivity contribution in [3.8, 4) is 0 Å². The van der Waals surface area contributed by atoms with Crippen LogP contribution in [-0.2, 0) is 4.74 Å². The largest absolute Gasteiger partial charge is 0.372 e. The van der Waals surface area contributed by atoms with Crippen molar-refractivity contribution in [2.24, 2.45) is 5.92 Å². The first-order valence-electron chi connectivity index (χ1n) is 5.64. The van der Waals surface area contributed by atoms with E-state index < -0.39 is 0 Å². The van der Waals surface area contributed by atoms with E-state index in [2.05, 4.69) is 26.1 Å². The maximum absolute atomic E-state index is 5.99. The quantitative estimate of drug-likeness (QED) is 0.725. The third-order valence-electron chi connectivity index (χ3n) is 2.92. The lowest BCUT2D eigenvalue weighted by atomic mass is 9.98. The van der Waals surface area contributed by atoms with E-state index >= 15 is 0 Å². The minimum absolute atomic E-state index is 0.443. The number of hydrogen-bond acceptors (Lipinski definition) is 2. The fourth-order valence-corrected chi connectivity index (χ4v) is 1.95. The molecule has 1 saturated heterocycles. The smallest absolute Gasteiger partial charge is 0.0729 e. The van der Waals surface area contributed by atoms with Crippen LogP contribution in [0.4, 0.5) is 0 Å². The lowest BCUT2D eigenvalue weighted by molar-refractivity contribution is -0.0643. The summed E-state index contributed by atoms with van der Waals surface area (Å²) in [7, 11) is 0. The highest BCUT2D eigenvalue weighted by Gasteiger charge is 2.24. The zero-order valence-electron chi connectivity index (χ0n) is 9.18. The van der Waals surface area contributed by atoms with Gasteiger partial charge < -0.3 is 10.1 Å². The summed E-state index contributed by atoms with van der Waals surface area (Å²) in [6.45, 7) is 8.81. The molecule has 0 spiro atoms. The Hall–Kier alpha value is -0.0800. The Morgan fingerprint density at radius 2 is 2.15 bits per heavy atom. The first-order valence-corrected chi connectivity index (χ1v) is 5.64. The lowest BCUT2D eigenvalue weighted by Gasteiger charge is -2.34. The summed E-state index contributed by atoms with van der Waals surface area (Å²) in [5.41, 5.74) is 0. The van der Waals surface area contributed by atoms with E-state index in [0.717, 1.165) is 19.5 Å². The molecule has 0 aliphatic carbocycles. The summed E-state index contributed by atoms with van der Waals surface area (Å²) in [6, 6.07) is 0. The summed E-state index contributed by atoms with van der Waals surface area (Å²) >= 11 is 0. The summed E-state index contributed by atoms with van der Waals surface area (Å²) in [6.07, 6.45) is 4.56. The molecule has 0 aromatic heterocycles. The van der Waals surface area contributed by atoms with Crippen LogP contribution in [0, 0.1) is 5.92 Å². The molecule has 2 heteroatoms. The summed E-state index contributed by atoms with van der Waals surface area (Å²) < 4.78 is 5.99. The number of rotatable bonds is 4. The first kappa shape index (κ1) is 11.0. The van der Waals surface area contributed by atoms with Crippen molar-refractivity contribution in [3.05, 3.63) is 0 Å². The van der Waals surface area contributed by atoms with Crippen molar-refractivity contribution >= 4 is 0 Å². The Kier molecular flexibility index (Phi) is 4.74. The van der Waals surface area contributed by atoms with E-state index in [1.165, 1.54) is 12.8 Å². The van der Waals surface area contributed by atoms with Gasteiger partial charge in [-0.05, 0) is 18.8 Å². The molecular weight excluding hydrogens is 162 g/mol. The third kappa shape index (κ3) is 3.28. The van der Waals surface area contributed by atoms with Crippen LogP contribution in [0.1, 0.15) is 40.0 Å². The molecule has 0 aromatic rings. The fourth-order valence-electron chi connectivity index (χ4n) is 1.95. The molecule has 1 fully saturated rings.